The minimum atomic E-state index is -4.40. The van der Waals surface area contributed by atoms with Crippen molar-refractivity contribution in [1.29, 1.82) is 0 Å². The van der Waals surface area contributed by atoms with Gasteiger partial charge >= 0.3 is 12.2 Å². The predicted octanol–water partition coefficient (Wildman–Crippen LogP) is 3.09. The summed E-state index contributed by atoms with van der Waals surface area (Å²) in [5.74, 6) is 0.168. The summed E-state index contributed by atoms with van der Waals surface area (Å²) < 4.78 is 37.5. The quantitative estimate of drug-likeness (QED) is 0.882. The highest BCUT2D eigenvalue weighted by Gasteiger charge is 2.30. The monoisotopic (exact) mass is 343 g/mol. The molecule has 0 aromatic heterocycles. The van der Waals surface area contributed by atoms with Gasteiger partial charge in [0.25, 0.3) is 0 Å². The van der Waals surface area contributed by atoms with Gasteiger partial charge < -0.3 is 15.5 Å². The number of halogens is 3. The molecule has 132 valence electrons. The summed E-state index contributed by atoms with van der Waals surface area (Å²) in [5.41, 5.74) is -0.441. The van der Waals surface area contributed by atoms with Crippen molar-refractivity contribution >= 4 is 17.6 Å². The van der Waals surface area contributed by atoms with Gasteiger partial charge in [-0.15, -0.1) is 0 Å². The number of nitrogens with one attached hydrogen (secondary N) is 2. The van der Waals surface area contributed by atoms with Gasteiger partial charge in [0.15, 0.2) is 0 Å². The van der Waals surface area contributed by atoms with Crippen LogP contribution in [0.15, 0.2) is 24.3 Å². The van der Waals surface area contributed by atoms with Crippen LogP contribution in [-0.2, 0) is 11.0 Å². The van der Waals surface area contributed by atoms with Crippen molar-refractivity contribution in [3.05, 3.63) is 29.8 Å². The van der Waals surface area contributed by atoms with Gasteiger partial charge in [-0.25, -0.2) is 4.79 Å². The Bertz CT molecular complexity index is 587. The van der Waals surface area contributed by atoms with E-state index < -0.39 is 11.7 Å². The maximum atomic E-state index is 12.5. The number of anilines is 1. The van der Waals surface area contributed by atoms with E-state index in [-0.39, 0.29) is 17.9 Å². The molecule has 0 radical (unpaired) electrons. The number of rotatable bonds is 4. The first-order valence-electron chi connectivity index (χ1n) is 7.79. The van der Waals surface area contributed by atoms with Crippen LogP contribution in [0.1, 0.15) is 25.3 Å². The number of urea groups is 1. The number of alkyl halides is 3. The summed E-state index contributed by atoms with van der Waals surface area (Å²) >= 11 is 0. The topological polar surface area (TPSA) is 61.4 Å². The molecule has 1 aliphatic heterocycles. The predicted molar refractivity (Wildman–Crippen MR) is 83.4 cm³/mol. The number of carbonyl (C=O) groups is 2. The first-order chi connectivity index (χ1) is 11.3. The first kappa shape index (κ1) is 18.1. The lowest BCUT2D eigenvalue weighted by Crippen LogP contribution is -2.35. The molecule has 0 saturated carbocycles. The van der Waals surface area contributed by atoms with Gasteiger partial charge in [0.05, 0.1) is 5.56 Å². The van der Waals surface area contributed by atoms with Crippen LogP contribution in [0.2, 0.25) is 0 Å². The zero-order chi connectivity index (χ0) is 17.7. The van der Waals surface area contributed by atoms with Crippen LogP contribution in [0.5, 0.6) is 0 Å². The molecule has 3 amide bonds. The molecular weight excluding hydrogens is 323 g/mol. The molecule has 0 aliphatic carbocycles. The lowest BCUT2D eigenvalue weighted by molar-refractivity contribution is -0.137. The average Bonchev–Trinajstić information content (AvgIpc) is 3.01. The molecule has 0 bridgehead atoms. The van der Waals surface area contributed by atoms with Crippen molar-refractivity contribution in [2.75, 3.05) is 25.0 Å². The summed E-state index contributed by atoms with van der Waals surface area (Å²) in [4.78, 5) is 25.0. The summed E-state index contributed by atoms with van der Waals surface area (Å²) in [5, 5.41) is 5.39. The molecule has 0 spiro atoms. The number of likely N-dealkylation sites (tertiary alicyclic amines) is 1. The molecule has 5 nitrogen and oxygen atoms in total. The largest absolute Gasteiger partial charge is 0.416 e. The summed E-state index contributed by atoms with van der Waals surface area (Å²) in [7, 11) is 0. The smallest absolute Gasteiger partial charge is 0.356 e. The van der Waals surface area contributed by atoms with Crippen molar-refractivity contribution in [3.63, 3.8) is 0 Å². The number of benzene rings is 1. The summed E-state index contributed by atoms with van der Waals surface area (Å²) in [6.07, 6.45) is -3.19. The Labute approximate surface area is 138 Å². The molecule has 1 aliphatic rings. The van der Waals surface area contributed by atoms with Gasteiger partial charge in [-0.05, 0) is 36.6 Å². The average molecular weight is 343 g/mol. The third-order valence-corrected chi connectivity index (χ3v) is 3.95. The van der Waals surface area contributed by atoms with Gasteiger partial charge in [0, 0.05) is 31.7 Å². The second kappa shape index (κ2) is 7.55. The SMILES string of the molecule is CCC(=O)NCC1CCN(C(=O)Nc2ccc(C(F)(F)F)cc2)C1. The standard InChI is InChI=1S/C16H20F3N3O2/c1-2-14(23)20-9-11-7-8-22(10-11)15(24)21-13-5-3-12(4-6-13)16(17,18)19/h3-6,11H,2,7-10H2,1H3,(H,20,23)(H,21,24). The normalized spacial score (nSPS) is 17.7. The zero-order valence-electron chi connectivity index (χ0n) is 13.3. The van der Waals surface area contributed by atoms with Crippen molar-refractivity contribution in [1.82, 2.24) is 10.2 Å². The molecule has 2 N–H and O–H groups in total. The van der Waals surface area contributed by atoms with E-state index in [1.54, 1.807) is 11.8 Å². The van der Waals surface area contributed by atoms with Gasteiger partial charge in [0.1, 0.15) is 0 Å². The molecule has 2 rings (SSSR count). The molecule has 24 heavy (non-hydrogen) atoms. The first-order valence-corrected chi connectivity index (χ1v) is 7.79. The number of nitrogens with zero attached hydrogens (tertiary/aromatic N) is 1. The van der Waals surface area contributed by atoms with Crippen LogP contribution < -0.4 is 10.6 Å². The van der Waals surface area contributed by atoms with Crippen LogP contribution in [0.3, 0.4) is 0 Å². The maximum absolute atomic E-state index is 12.5. The lowest BCUT2D eigenvalue weighted by atomic mass is 10.1. The highest BCUT2D eigenvalue weighted by molar-refractivity contribution is 5.89. The third kappa shape index (κ3) is 4.87. The van der Waals surface area contributed by atoms with Crippen LogP contribution in [-0.4, -0.2) is 36.5 Å². The van der Waals surface area contributed by atoms with Gasteiger partial charge in [-0.1, -0.05) is 6.92 Å². The van der Waals surface area contributed by atoms with Crippen LogP contribution in [0.25, 0.3) is 0 Å². The Morgan fingerprint density at radius 2 is 1.92 bits per heavy atom. The highest BCUT2D eigenvalue weighted by Crippen LogP contribution is 2.30. The molecule has 1 aromatic rings. The number of amides is 3. The van der Waals surface area contributed by atoms with E-state index in [0.717, 1.165) is 18.6 Å². The number of hydrogen-bond acceptors (Lipinski definition) is 2. The summed E-state index contributed by atoms with van der Waals surface area (Å²) in [6, 6.07) is 3.98. The Morgan fingerprint density at radius 3 is 2.50 bits per heavy atom. The lowest BCUT2D eigenvalue weighted by Gasteiger charge is -2.18. The fraction of sp³-hybridized carbons (Fsp3) is 0.500. The molecule has 1 unspecified atom stereocenters. The Hall–Kier alpha value is -2.25. The van der Waals surface area contributed by atoms with Crippen molar-refractivity contribution in [2.45, 2.75) is 25.9 Å². The molecule has 8 heteroatoms. The fourth-order valence-electron chi connectivity index (χ4n) is 2.51. The van der Waals surface area contributed by atoms with E-state index in [9.17, 15) is 22.8 Å². The molecule has 1 saturated heterocycles. The zero-order valence-corrected chi connectivity index (χ0v) is 13.3. The van der Waals surface area contributed by atoms with Crippen molar-refractivity contribution in [3.8, 4) is 0 Å². The van der Waals surface area contributed by atoms with Gasteiger partial charge in [-0.3, -0.25) is 4.79 Å². The van der Waals surface area contributed by atoms with Crippen molar-refractivity contribution in [2.24, 2.45) is 5.92 Å². The highest BCUT2D eigenvalue weighted by atomic mass is 19.4. The molecule has 1 heterocycles. The van der Waals surface area contributed by atoms with E-state index in [4.69, 9.17) is 0 Å². The van der Waals surface area contributed by atoms with E-state index in [1.165, 1.54) is 12.1 Å². The Kier molecular flexibility index (Phi) is 5.69. The van der Waals surface area contributed by atoms with Gasteiger partial charge in [0.2, 0.25) is 5.91 Å². The Morgan fingerprint density at radius 1 is 1.25 bits per heavy atom. The molecule has 1 aromatic carbocycles. The maximum Gasteiger partial charge on any atom is 0.416 e. The molecular formula is C16H20F3N3O2. The van der Waals surface area contributed by atoms with Crippen molar-refractivity contribution < 1.29 is 22.8 Å². The van der Waals surface area contributed by atoms with Gasteiger partial charge in [-0.2, -0.15) is 13.2 Å². The van der Waals surface area contributed by atoms with Crippen LogP contribution >= 0.6 is 0 Å². The fourth-order valence-corrected chi connectivity index (χ4v) is 2.51. The second-order valence-electron chi connectivity index (χ2n) is 5.76. The van der Waals surface area contributed by atoms with Crippen LogP contribution in [0, 0.1) is 5.92 Å². The molecule has 1 fully saturated rings. The molecule has 1 atom stereocenters. The summed E-state index contributed by atoms with van der Waals surface area (Å²) in [6.45, 7) is 3.36. The minimum absolute atomic E-state index is 0.0253. The van der Waals surface area contributed by atoms with E-state index in [2.05, 4.69) is 10.6 Å². The number of carbonyl (C=O) groups excluding carboxylic acids is 2. The second-order valence-corrected chi connectivity index (χ2v) is 5.76. The van der Waals surface area contributed by atoms with E-state index >= 15 is 0 Å². The number of hydrogen-bond donors (Lipinski definition) is 2. The minimum Gasteiger partial charge on any atom is -0.356 e. The third-order valence-electron chi connectivity index (χ3n) is 3.95. The Balaban J connectivity index is 1.84. The van der Waals surface area contributed by atoms with E-state index in [1.807, 2.05) is 0 Å². The van der Waals surface area contributed by atoms with E-state index in [0.29, 0.717) is 31.7 Å². The van der Waals surface area contributed by atoms with Crippen LogP contribution in [0.4, 0.5) is 23.7 Å².